The lowest BCUT2D eigenvalue weighted by atomic mass is 9.89. The molecular weight excluding hydrogens is 270 g/mol. The molecule has 0 aliphatic carbocycles. The minimum Gasteiger partial charge on any atom is -0.478 e. The molecule has 1 amide bonds. The van der Waals surface area contributed by atoms with E-state index in [4.69, 9.17) is 5.73 Å². The number of hydrogen-bond donors (Lipinski definition) is 2. The van der Waals surface area contributed by atoms with Crippen molar-refractivity contribution < 1.29 is 14.7 Å². The van der Waals surface area contributed by atoms with Crippen molar-refractivity contribution in [2.75, 3.05) is 0 Å². The number of aromatic nitrogens is 2. The van der Waals surface area contributed by atoms with Crippen molar-refractivity contribution in [1.82, 2.24) is 9.78 Å². The number of primary amides is 1. The Balaban J connectivity index is 2.59. The van der Waals surface area contributed by atoms with Gasteiger partial charge in [0.25, 0.3) is 0 Å². The highest BCUT2D eigenvalue weighted by Crippen LogP contribution is 2.28. The van der Waals surface area contributed by atoms with E-state index in [-0.39, 0.29) is 5.56 Å². The third-order valence-electron chi connectivity index (χ3n) is 3.11. The average Bonchev–Trinajstić information content (AvgIpc) is 2.83. The van der Waals surface area contributed by atoms with Crippen molar-refractivity contribution in [3.8, 4) is 5.69 Å². The number of carbonyl (C=O) groups is 2. The van der Waals surface area contributed by atoms with Crippen LogP contribution in [0.25, 0.3) is 5.69 Å². The summed E-state index contributed by atoms with van der Waals surface area (Å²) in [6.07, 6.45) is 1.34. The van der Waals surface area contributed by atoms with Crippen molar-refractivity contribution in [1.29, 1.82) is 0 Å². The van der Waals surface area contributed by atoms with Crippen LogP contribution in [0.1, 0.15) is 47.2 Å². The summed E-state index contributed by atoms with van der Waals surface area (Å²) in [5, 5.41) is 13.5. The van der Waals surface area contributed by atoms with Gasteiger partial charge in [0.2, 0.25) is 5.91 Å². The lowest BCUT2D eigenvalue weighted by Crippen LogP contribution is -2.21. The molecule has 0 aliphatic rings. The zero-order chi connectivity index (χ0) is 15.8. The molecule has 0 aliphatic heterocycles. The van der Waals surface area contributed by atoms with Crippen LogP contribution in [-0.4, -0.2) is 26.8 Å². The van der Waals surface area contributed by atoms with E-state index in [1.165, 1.54) is 6.20 Å². The van der Waals surface area contributed by atoms with Crippen LogP contribution in [0, 0.1) is 0 Å². The molecule has 3 N–H and O–H groups in total. The number of aromatic carboxylic acids is 1. The molecule has 0 saturated carbocycles. The predicted molar refractivity (Wildman–Crippen MR) is 77.7 cm³/mol. The van der Waals surface area contributed by atoms with Crippen molar-refractivity contribution in [2.45, 2.75) is 26.2 Å². The first kappa shape index (κ1) is 14.8. The fraction of sp³-hybridized carbons (Fsp3) is 0.267. The van der Waals surface area contributed by atoms with Crippen LogP contribution in [0.15, 0.2) is 30.5 Å². The van der Waals surface area contributed by atoms with Crippen LogP contribution >= 0.6 is 0 Å². The van der Waals surface area contributed by atoms with E-state index in [1.54, 1.807) is 28.9 Å². The summed E-state index contributed by atoms with van der Waals surface area (Å²) >= 11 is 0. The second-order valence-electron chi connectivity index (χ2n) is 5.78. The van der Waals surface area contributed by atoms with Crippen LogP contribution in [-0.2, 0) is 5.41 Å². The van der Waals surface area contributed by atoms with Gasteiger partial charge in [0, 0.05) is 11.0 Å². The van der Waals surface area contributed by atoms with Crippen molar-refractivity contribution in [2.24, 2.45) is 5.73 Å². The maximum Gasteiger partial charge on any atom is 0.339 e. The molecular formula is C15H17N3O3. The van der Waals surface area contributed by atoms with Gasteiger partial charge in [-0.05, 0) is 24.3 Å². The Morgan fingerprint density at radius 3 is 2.19 bits per heavy atom. The minimum atomic E-state index is -1.01. The molecule has 6 nitrogen and oxygen atoms in total. The van der Waals surface area contributed by atoms with Gasteiger partial charge < -0.3 is 10.8 Å². The molecule has 0 fully saturated rings. The predicted octanol–water partition coefficient (Wildman–Crippen LogP) is 1.97. The van der Waals surface area contributed by atoms with Gasteiger partial charge in [-0.15, -0.1) is 0 Å². The second kappa shape index (κ2) is 5.05. The molecule has 1 aromatic heterocycles. The maximum absolute atomic E-state index is 11.3. The lowest BCUT2D eigenvalue weighted by molar-refractivity contribution is 0.0693. The van der Waals surface area contributed by atoms with Gasteiger partial charge in [-0.1, -0.05) is 20.8 Å². The summed E-state index contributed by atoms with van der Waals surface area (Å²) in [5.74, 6) is -1.52. The number of hydrogen-bond acceptors (Lipinski definition) is 3. The molecule has 21 heavy (non-hydrogen) atoms. The fourth-order valence-electron chi connectivity index (χ4n) is 2.19. The summed E-state index contributed by atoms with van der Waals surface area (Å²) in [7, 11) is 0. The third kappa shape index (κ3) is 2.79. The molecule has 0 spiro atoms. The Morgan fingerprint density at radius 2 is 1.76 bits per heavy atom. The summed E-state index contributed by atoms with van der Waals surface area (Å²) in [4.78, 5) is 22.4. The number of carboxylic acid groups (broad SMARTS) is 1. The van der Waals surface area contributed by atoms with Gasteiger partial charge in [-0.25, -0.2) is 9.48 Å². The average molecular weight is 287 g/mol. The zero-order valence-electron chi connectivity index (χ0n) is 12.1. The van der Waals surface area contributed by atoms with Crippen molar-refractivity contribution in [3.05, 3.63) is 47.3 Å². The highest BCUT2D eigenvalue weighted by Gasteiger charge is 2.27. The van der Waals surface area contributed by atoms with Crippen LogP contribution in [0.3, 0.4) is 0 Å². The molecule has 2 rings (SSSR count). The first-order valence-corrected chi connectivity index (χ1v) is 6.44. The van der Waals surface area contributed by atoms with E-state index in [0.717, 1.165) is 0 Å². The fourth-order valence-corrected chi connectivity index (χ4v) is 2.19. The molecule has 0 radical (unpaired) electrons. The Kier molecular flexibility index (Phi) is 3.55. The third-order valence-corrected chi connectivity index (χ3v) is 3.11. The van der Waals surface area contributed by atoms with Gasteiger partial charge in [0.1, 0.15) is 5.56 Å². The number of carboxylic acids is 1. The Hall–Kier alpha value is -2.63. The smallest absolute Gasteiger partial charge is 0.339 e. The molecule has 1 aromatic carbocycles. The van der Waals surface area contributed by atoms with Crippen molar-refractivity contribution >= 4 is 11.9 Å². The van der Waals surface area contributed by atoms with E-state index in [2.05, 4.69) is 5.10 Å². The number of nitrogens with zero attached hydrogens (tertiary/aromatic N) is 2. The summed E-state index contributed by atoms with van der Waals surface area (Å²) in [6.45, 7) is 5.76. The number of amides is 1. The zero-order valence-corrected chi connectivity index (χ0v) is 12.1. The molecule has 110 valence electrons. The quantitative estimate of drug-likeness (QED) is 0.901. The normalized spacial score (nSPS) is 11.4. The van der Waals surface area contributed by atoms with Crippen LogP contribution < -0.4 is 5.73 Å². The monoisotopic (exact) mass is 287 g/mol. The molecule has 0 unspecified atom stereocenters. The number of carbonyl (C=O) groups excluding carboxylic acids is 1. The Labute approximate surface area is 122 Å². The molecule has 2 aromatic rings. The van der Waals surface area contributed by atoms with Gasteiger partial charge in [0.15, 0.2) is 0 Å². The minimum absolute atomic E-state index is 0.168. The summed E-state index contributed by atoms with van der Waals surface area (Å²) in [5.41, 5.74) is 6.65. The van der Waals surface area contributed by atoms with Crippen LogP contribution in [0.4, 0.5) is 0 Å². The molecule has 1 heterocycles. The molecule has 6 heteroatoms. The van der Waals surface area contributed by atoms with Crippen molar-refractivity contribution in [3.63, 3.8) is 0 Å². The second-order valence-corrected chi connectivity index (χ2v) is 5.78. The van der Waals surface area contributed by atoms with E-state index >= 15 is 0 Å². The first-order chi connectivity index (χ1) is 9.71. The highest BCUT2D eigenvalue weighted by atomic mass is 16.4. The van der Waals surface area contributed by atoms with Gasteiger partial charge >= 0.3 is 5.97 Å². The van der Waals surface area contributed by atoms with Gasteiger partial charge in [-0.2, -0.15) is 5.10 Å². The van der Waals surface area contributed by atoms with Crippen LogP contribution in [0.5, 0.6) is 0 Å². The van der Waals surface area contributed by atoms with Gasteiger partial charge in [-0.3, -0.25) is 4.79 Å². The largest absolute Gasteiger partial charge is 0.478 e. The Bertz CT molecular complexity index is 694. The lowest BCUT2D eigenvalue weighted by Gasteiger charge is -2.21. The summed E-state index contributed by atoms with van der Waals surface area (Å²) < 4.78 is 1.58. The SMILES string of the molecule is CC(C)(C)c1c(C(=O)O)cnn1-c1ccc(C(N)=O)cc1. The van der Waals surface area contributed by atoms with E-state index in [0.29, 0.717) is 16.9 Å². The highest BCUT2D eigenvalue weighted by molar-refractivity contribution is 5.93. The van der Waals surface area contributed by atoms with Gasteiger partial charge in [0.05, 0.1) is 17.6 Å². The first-order valence-electron chi connectivity index (χ1n) is 6.44. The standard InChI is InChI=1S/C15H17N3O3/c1-15(2,3)12-11(14(20)21)8-17-18(12)10-6-4-9(5-7-10)13(16)19/h4-8H,1-3H3,(H2,16,19)(H,20,21). The summed E-state index contributed by atoms with van der Waals surface area (Å²) in [6, 6.07) is 6.56. The number of benzene rings is 1. The van der Waals surface area contributed by atoms with E-state index in [9.17, 15) is 14.7 Å². The van der Waals surface area contributed by atoms with Crippen LogP contribution in [0.2, 0.25) is 0 Å². The van der Waals surface area contributed by atoms with E-state index in [1.807, 2.05) is 20.8 Å². The Morgan fingerprint density at radius 1 is 1.19 bits per heavy atom. The van der Waals surface area contributed by atoms with E-state index < -0.39 is 17.3 Å². The number of nitrogens with two attached hydrogens (primary N) is 1. The molecule has 0 saturated heterocycles. The molecule has 0 bridgehead atoms. The topological polar surface area (TPSA) is 98.2 Å². The number of rotatable bonds is 3. The molecule has 0 atom stereocenters. The maximum atomic E-state index is 11.3.